The fourth-order valence-electron chi connectivity index (χ4n) is 1.86. The van der Waals surface area contributed by atoms with Gasteiger partial charge in [-0.1, -0.05) is 26.0 Å². The van der Waals surface area contributed by atoms with Crippen LogP contribution in [0.25, 0.3) is 11.0 Å². The Balaban J connectivity index is 2.06. The molecule has 4 heteroatoms. The van der Waals surface area contributed by atoms with E-state index in [4.69, 9.17) is 5.73 Å². The molecule has 2 aromatic rings. The number of para-hydroxylation sites is 2. The van der Waals surface area contributed by atoms with Crippen molar-refractivity contribution in [1.82, 2.24) is 9.97 Å². The summed E-state index contributed by atoms with van der Waals surface area (Å²) in [5.41, 5.74) is 7.60. The maximum absolute atomic E-state index is 5.89. The van der Waals surface area contributed by atoms with Crippen LogP contribution in [0.1, 0.15) is 26.7 Å². The molecule has 96 valence electrons. The van der Waals surface area contributed by atoms with Gasteiger partial charge in [0.1, 0.15) is 0 Å². The lowest BCUT2D eigenvalue weighted by molar-refractivity contribution is 0.567. The average molecular weight is 244 g/mol. The third-order valence-electron chi connectivity index (χ3n) is 2.85. The molecule has 0 saturated heterocycles. The molecule has 0 unspecified atom stereocenters. The lowest BCUT2D eigenvalue weighted by Gasteiger charge is -2.09. The normalized spacial score (nSPS) is 11.1. The van der Waals surface area contributed by atoms with Gasteiger partial charge in [0.05, 0.1) is 11.0 Å². The standard InChI is InChI=1S/C14H20N4/c1-10(2)6-5-9-16-14-13(15)17-11-7-3-4-8-12(11)18-14/h3-4,7-8,10H,5-6,9H2,1-2H3,(H2,15,17)(H,16,18). The quantitative estimate of drug-likeness (QED) is 0.793. The van der Waals surface area contributed by atoms with Gasteiger partial charge >= 0.3 is 0 Å². The van der Waals surface area contributed by atoms with Crippen molar-refractivity contribution in [1.29, 1.82) is 0 Å². The minimum Gasteiger partial charge on any atom is -0.381 e. The molecule has 1 aromatic carbocycles. The van der Waals surface area contributed by atoms with E-state index in [1.807, 2.05) is 24.3 Å². The van der Waals surface area contributed by atoms with Gasteiger partial charge in [0.15, 0.2) is 11.6 Å². The summed E-state index contributed by atoms with van der Waals surface area (Å²) in [5.74, 6) is 1.89. The topological polar surface area (TPSA) is 63.8 Å². The van der Waals surface area contributed by atoms with Crippen LogP contribution in [-0.4, -0.2) is 16.5 Å². The summed E-state index contributed by atoms with van der Waals surface area (Å²) in [4.78, 5) is 8.84. The second-order valence-electron chi connectivity index (χ2n) is 4.91. The first-order valence-electron chi connectivity index (χ1n) is 6.43. The van der Waals surface area contributed by atoms with Crippen LogP contribution >= 0.6 is 0 Å². The van der Waals surface area contributed by atoms with Crippen LogP contribution in [-0.2, 0) is 0 Å². The maximum atomic E-state index is 5.89. The molecular formula is C14H20N4. The minimum atomic E-state index is 0.471. The van der Waals surface area contributed by atoms with Gasteiger partial charge in [0, 0.05) is 6.54 Å². The Morgan fingerprint density at radius 2 is 1.83 bits per heavy atom. The van der Waals surface area contributed by atoms with Crippen molar-refractivity contribution in [3.8, 4) is 0 Å². The van der Waals surface area contributed by atoms with Gasteiger partial charge in [0.25, 0.3) is 0 Å². The molecule has 18 heavy (non-hydrogen) atoms. The number of nitrogen functional groups attached to an aromatic ring is 1. The van der Waals surface area contributed by atoms with E-state index in [1.54, 1.807) is 0 Å². The Bertz CT molecular complexity index is 522. The van der Waals surface area contributed by atoms with Gasteiger partial charge in [0.2, 0.25) is 0 Å². The highest BCUT2D eigenvalue weighted by molar-refractivity contribution is 5.79. The number of hydrogen-bond acceptors (Lipinski definition) is 4. The van der Waals surface area contributed by atoms with E-state index in [-0.39, 0.29) is 0 Å². The highest BCUT2D eigenvalue weighted by Crippen LogP contribution is 2.18. The summed E-state index contributed by atoms with van der Waals surface area (Å²) < 4.78 is 0. The van der Waals surface area contributed by atoms with Crippen LogP contribution in [0, 0.1) is 5.92 Å². The SMILES string of the molecule is CC(C)CCCNc1nc2ccccc2nc1N. The second-order valence-corrected chi connectivity index (χ2v) is 4.91. The van der Waals surface area contributed by atoms with E-state index in [9.17, 15) is 0 Å². The van der Waals surface area contributed by atoms with Gasteiger partial charge in [-0.25, -0.2) is 9.97 Å². The first-order chi connectivity index (χ1) is 8.66. The first-order valence-corrected chi connectivity index (χ1v) is 6.43. The maximum Gasteiger partial charge on any atom is 0.169 e. The zero-order valence-corrected chi connectivity index (χ0v) is 11.0. The molecule has 0 spiro atoms. The van der Waals surface area contributed by atoms with Crippen LogP contribution in [0.15, 0.2) is 24.3 Å². The van der Waals surface area contributed by atoms with Crippen molar-refractivity contribution in [2.24, 2.45) is 5.92 Å². The Morgan fingerprint density at radius 1 is 1.17 bits per heavy atom. The first kappa shape index (κ1) is 12.6. The number of benzene rings is 1. The fraction of sp³-hybridized carbons (Fsp3) is 0.429. The number of hydrogen-bond donors (Lipinski definition) is 2. The van der Waals surface area contributed by atoms with Crippen molar-refractivity contribution in [3.63, 3.8) is 0 Å². The Labute approximate surface area is 108 Å². The molecule has 3 N–H and O–H groups in total. The monoisotopic (exact) mass is 244 g/mol. The lowest BCUT2D eigenvalue weighted by atomic mass is 10.1. The Morgan fingerprint density at radius 3 is 2.50 bits per heavy atom. The largest absolute Gasteiger partial charge is 0.381 e. The van der Waals surface area contributed by atoms with Gasteiger partial charge in [-0.2, -0.15) is 0 Å². The van der Waals surface area contributed by atoms with Crippen molar-refractivity contribution in [3.05, 3.63) is 24.3 Å². The minimum absolute atomic E-state index is 0.471. The number of fused-ring (bicyclic) bond motifs is 1. The second kappa shape index (κ2) is 5.67. The van der Waals surface area contributed by atoms with Crippen molar-refractivity contribution in [2.45, 2.75) is 26.7 Å². The molecule has 4 nitrogen and oxygen atoms in total. The summed E-state index contributed by atoms with van der Waals surface area (Å²) in [6.45, 7) is 5.34. The lowest BCUT2D eigenvalue weighted by Crippen LogP contribution is -2.08. The van der Waals surface area contributed by atoms with E-state index in [0.29, 0.717) is 11.6 Å². The fourth-order valence-corrected chi connectivity index (χ4v) is 1.86. The molecule has 2 rings (SSSR count). The molecule has 0 bridgehead atoms. The van der Waals surface area contributed by atoms with Crippen LogP contribution in [0.3, 0.4) is 0 Å². The number of aromatic nitrogens is 2. The zero-order chi connectivity index (χ0) is 13.0. The summed E-state index contributed by atoms with van der Waals surface area (Å²) in [5, 5.41) is 3.26. The molecule has 0 amide bonds. The molecule has 0 aliphatic rings. The van der Waals surface area contributed by atoms with Crippen LogP contribution < -0.4 is 11.1 Å². The van der Waals surface area contributed by atoms with E-state index < -0.39 is 0 Å². The summed E-state index contributed by atoms with van der Waals surface area (Å²) in [7, 11) is 0. The molecule has 0 saturated carbocycles. The van der Waals surface area contributed by atoms with Gasteiger partial charge in [-0.3, -0.25) is 0 Å². The van der Waals surface area contributed by atoms with Crippen molar-refractivity contribution >= 4 is 22.7 Å². The highest BCUT2D eigenvalue weighted by atomic mass is 15.1. The van der Waals surface area contributed by atoms with Crippen LogP contribution in [0.2, 0.25) is 0 Å². The molecular weight excluding hydrogens is 224 g/mol. The van der Waals surface area contributed by atoms with E-state index >= 15 is 0 Å². The molecule has 1 heterocycles. The predicted octanol–water partition coefficient (Wildman–Crippen LogP) is 3.06. The van der Waals surface area contributed by atoms with E-state index in [0.717, 1.165) is 29.9 Å². The van der Waals surface area contributed by atoms with Gasteiger partial charge in [-0.05, 0) is 30.9 Å². The third-order valence-corrected chi connectivity index (χ3v) is 2.85. The summed E-state index contributed by atoms with van der Waals surface area (Å²) >= 11 is 0. The smallest absolute Gasteiger partial charge is 0.169 e. The van der Waals surface area contributed by atoms with E-state index in [2.05, 4.69) is 29.1 Å². The Kier molecular flexibility index (Phi) is 3.97. The summed E-state index contributed by atoms with van der Waals surface area (Å²) in [6, 6.07) is 7.75. The number of nitrogens with one attached hydrogen (secondary N) is 1. The molecule has 0 fully saturated rings. The van der Waals surface area contributed by atoms with Gasteiger partial charge < -0.3 is 11.1 Å². The van der Waals surface area contributed by atoms with Crippen LogP contribution in [0.5, 0.6) is 0 Å². The third kappa shape index (κ3) is 3.09. The van der Waals surface area contributed by atoms with Crippen molar-refractivity contribution in [2.75, 3.05) is 17.6 Å². The number of rotatable bonds is 5. The predicted molar refractivity (Wildman–Crippen MR) is 76.5 cm³/mol. The number of nitrogens with two attached hydrogens (primary N) is 1. The average Bonchev–Trinajstić information content (AvgIpc) is 2.34. The molecule has 0 aliphatic carbocycles. The molecule has 0 atom stereocenters. The highest BCUT2D eigenvalue weighted by Gasteiger charge is 2.04. The van der Waals surface area contributed by atoms with Gasteiger partial charge in [-0.15, -0.1) is 0 Å². The van der Waals surface area contributed by atoms with E-state index in [1.165, 1.54) is 6.42 Å². The number of anilines is 2. The molecule has 0 radical (unpaired) electrons. The van der Waals surface area contributed by atoms with Crippen molar-refractivity contribution < 1.29 is 0 Å². The van der Waals surface area contributed by atoms with Crippen LogP contribution in [0.4, 0.5) is 11.6 Å². The Hall–Kier alpha value is -1.84. The zero-order valence-electron chi connectivity index (χ0n) is 11.0. The molecule has 1 aromatic heterocycles. The summed E-state index contributed by atoms with van der Waals surface area (Å²) in [6.07, 6.45) is 2.32. The number of nitrogens with zero attached hydrogens (tertiary/aromatic N) is 2. The molecule has 0 aliphatic heterocycles.